The molecule has 0 heterocycles. The molecule has 0 aliphatic rings. The number of nitrogens with one attached hydrogen (secondary N) is 4. The minimum Gasteiger partial charge on any atom is -0.492 e. The lowest BCUT2D eigenvalue weighted by Crippen LogP contribution is -2.36. The lowest BCUT2D eigenvalue weighted by molar-refractivity contribution is -0.118. The smallest absolute Gasteiger partial charge is 0.255 e. The average molecular weight is 980 g/mol. The van der Waals surface area contributed by atoms with E-state index in [9.17, 15) is 19.2 Å². The number of amides is 4. The molecule has 2 atom stereocenters. The van der Waals surface area contributed by atoms with Gasteiger partial charge in [-0.25, -0.2) is 0 Å². The highest BCUT2D eigenvalue weighted by atomic mass is 32.2. The zero-order valence-electron chi connectivity index (χ0n) is 40.1. The Hall–Kier alpha value is -5.62. The maximum Gasteiger partial charge on any atom is 0.255 e. The summed E-state index contributed by atoms with van der Waals surface area (Å²) in [7, 11) is 0. The topological polar surface area (TPSA) is 385 Å². The molecule has 3 rings (SSSR count). The van der Waals surface area contributed by atoms with Gasteiger partial charge >= 0.3 is 0 Å². The fraction of sp³-hybridized carbons (Fsp3) is 0.478. The molecule has 0 spiro atoms. The van der Waals surface area contributed by atoms with Crippen molar-refractivity contribution in [3.63, 3.8) is 0 Å². The number of aliphatic imine (C=N–C) groups is 2. The molecule has 0 aliphatic heterocycles. The van der Waals surface area contributed by atoms with Gasteiger partial charge in [-0.15, -0.1) is 23.5 Å². The molecular formula is C46H73N15O5S2. The summed E-state index contributed by atoms with van der Waals surface area (Å²) in [5.74, 6) is -0.957. The van der Waals surface area contributed by atoms with E-state index in [4.69, 9.17) is 56.3 Å². The van der Waals surface area contributed by atoms with Gasteiger partial charge in [0.15, 0.2) is 11.9 Å². The highest BCUT2D eigenvalue weighted by Crippen LogP contribution is 2.41. The number of ether oxygens (including phenoxy) is 1. The molecule has 3 aromatic carbocycles. The largest absolute Gasteiger partial charge is 0.492 e. The van der Waals surface area contributed by atoms with Crippen LogP contribution in [0.3, 0.4) is 0 Å². The molecule has 3 aromatic rings. The summed E-state index contributed by atoms with van der Waals surface area (Å²) in [4.78, 5) is 64.9. The first-order valence-electron chi connectivity index (χ1n) is 22.4. The zero-order chi connectivity index (χ0) is 50.8. The highest BCUT2D eigenvalue weighted by Gasteiger charge is 2.26. The number of thioether (sulfide) groups is 2. The monoisotopic (exact) mass is 980 g/mol. The maximum atomic E-state index is 14.5. The average Bonchev–Trinajstić information content (AvgIpc) is 3.26. The van der Waals surface area contributed by atoms with Crippen LogP contribution in [0.25, 0.3) is 0 Å². The Kier molecular flexibility index (Phi) is 22.3. The van der Waals surface area contributed by atoms with Crippen molar-refractivity contribution in [3.8, 4) is 5.75 Å². The summed E-state index contributed by atoms with van der Waals surface area (Å²) >= 11 is 2.71. The van der Waals surface area contributed by atoms with Crippen molar-refractivity contribution in [2.24, 2.45) is 61.6 Å². The number of hydrogen-bond donors (Lipinski definition) is 13. The van der Waals surface area contributed by atoms with E-state index in [1.807, 2.05) is 65.8 Å². The van der Waals surface area contributed by atoms with E-state index in [0.29, 0.717) is 95.9 Å². The van der Waals surface area contributed by atoms with Crippen molar-refractivity contribution >= 4 is 81.8 Å². The van der Waals surface area contributed by atoms with Gasteiger partial charge in [-0.2, -0.15) is 0 Å². The lowest BCUT2D eigenvalue weighted by Gasteiger charge is -2.25. The van der Waals surface area contributed by atoms with Crippen molar-refractivity contribution in [1.29, 1.82) is 0 Å². The summed E-state index contributed by atoms with van der Waals surface area (Å²) in [6.45, 7) is 13.6. The molecule has 0 unspecified atom stereocenters. The predicted molar refractivity (Wildman–Crippen MR) is 280 cm³/mol. The Balaban J connectivity index is 2.11. The van der Waals surface area contributed by atoms with Crippen molar-refractivity contribution in [2.75, 3.05) is 72.1 Å². The molecule has 20 nitrogen and oxygen atoms in total. The first-order chi connectivity index (χ1) is 32.0. The SMILES string of the molecule is CC(C)(C)c1cc(NC(=O)c2cc(OCCN)cc(C(=O)Nc3cc(C(C)(C)C)cc(NC(=O)[C@@H](N)CCCN=C(N)N)c3SCCN)c2)c(SCCN)c(NC(=O)[C@H](N)CCCN=C(N)N)c1. The van der Waals surface area contributed by atoms with E-state index < -0.39 is 46.5 Å². The molecule has 374 valence electrons. The summed E-state index contributed by atoms with van der Waals surface area (Å²) in [5.41, 5.74) is 54.7. The number of carbonyl (C=O) groups is 4. The number of hydrogen-bond acceptors (Lipinski definition) is 14. The Labute approximate surface area is 408 Å². The molecule has 68 heavy (non-hydrogen) atoms. The second-order valence-corrected chi connectivity index (χ2v) is 20.2. The molecule has 0 saturated heterocycles. The van der Waals surface area contributed by atoms with Crippen molar-refractivity contribution in [3.05, 3.63) is 64.7 Å². The maximum absolute atomic E-state index is 14.5. The standard InChI is InChI=1S/C46H73N15O5S2/c1-45(2,3)28-22-33(37(67-17-12-48)35(24-28)60-41(64)31(50)9-7-14-56-43(52)53)58-39(62)26-19-27(21-30(20-26)66-16-11-47)40(63)59-34-23-29(46(4,5)6)25-36(38(34)68-18-13-49)61-42(65)32(51)10-8-15-57-44(54)55/h19-25,31-32H,7-18,47-51H2,1-6H3,(H,58,62)(H,59,63)(H,60,64)(H,61,65)(H4,52,53,56)(H4,54,55,57)/t31-,32+. The van der Waals surface area contributed by atoms with Crippen LogP contribution in [-0.4, -0.2) is 98.5 Å². The van der Waals surface area contributed by atoms with Crippen LogP contribution in [0.2, 0.25) is 0 Å². The molecule has 0 aliphatic carbocycles. The Bertz CT molecular complexity index is 2120. The molecule has 22 heteroatoms. The van der Waals surface area contributed by atoms with E-state index in [1.165, 1.54) is 41.7 Å². The molecule has 0 radical (unpaired) electrons. The Morgan fingerprint density at radius 2 is 0.941 bits per heavy atom. The van der Waals surface area contributed by atoms with E-state index in [1.54, 1.807) is 0 Å². The van der Waals surface area contributed by atoms with E-state index in [-0.39, 0.29) is 41.9 Å². The highest BCUT2D eigenvalue weighted by molar-refractivity contribution is 7.99. The molecule has 0 saturated carbocycles. The van der Waals surface area contributed by atoms with E-state index in [0.717, 1.165) is 11.1 Å². The number of benzene rings is 3. The van der Waals surface area contributed by atoms with Crippen molar-refractivity contribution in [2.45, 2.75) is 99.9 Å². The summed E-state index contributed by atoms with van der Waals surface area (Å²) in [6.07, 6.45) is 1.60. The normalized spacial score (nSPS) is 12.3. The van der Waals surface area contributed by atoms with Gasteiger partial charge in [0.25, 0.3) is 11.8 Å². The number of guanidine groups is 2. The Morgan fingerprint density at radius 1 is 0.574 bits per heavy atom. The van der Waals surface area contributed by atoms with Crippen molar-refractivity contribution in [1.82, 2.24) is 0 Å². The van der Waals surface area contributed by atoms with Crippen LogP contribution < -0.4 is 77.6 Å². The molecule has 0 bridgehead atoms. The van der Waals surface area contributed by atoms with E-state index in [2.05, 4.69) is 31.3 Å². The molecule has 22 N–H and O–H groups in total. The Morgan fingerprint density at radius 3 is 1.26 bits per heavy atom. The summed E-state index contributed by atoms with van der Waals surface area (Å²) < 4.78 is 5.90. The summed E-state index contributed by atoms with van der Waals surface area (Å²) in [6, 6.07) is 10.2. The fourth-order valence-corrected chi connectivity index (χ4v) is 8.10. The number of carbonyl (C=O) groups excluding carboxylic acids is 4. The van der Waals surface area contributed by atoms with E-state index >= 15 is 0 Å². The van der Waals surface area contributed by atoms with Gasteiger partial charge in [0.2, 0.25) is 11.8 Å². The third-order valence-electron chi connectivity index (χ3n) is 10.1. The molecule has 0 fully saturated rings. The van der Waals surface area contributed by atoms with Crippen LogP contribution >= 0.6 is 23.5 Å². The number of anilines is 4. The lowest BCUT2D eigenvalue weighted by atomic mass is 9.86. The van der Waals surface area contributed by atoms with Gasteiger partial charge in [0.1, 0.15) is 12.4 Å². The molecule has 0 aromatic heterocycles. The van der Waals surface area contributed by atoms with Crippen LogP contribution in [0.5, 0.6) is 5.75 Å². The predicted octanol–water partition coefficient (Wildman–Crippen LogP) is 2.86. The van der Waals surface area contributed by atoms with Crippen LogP contribution in [0.15, 0.2) is 62.2 Å². The fourth-order valence-electron chi connectivity index (χ4n) is 6.39. The number of nitrogens with two attached hydrogens (primary N) is 9. The quantitative estimate of drug-likeness (QED) is 0.0251. The number of rotatable bonds is 25. The molecule has 4 amide bonds. The van der Waals surface area contributed by atoms with Gasteiger partial charge < -0.3 is 77.6 Å². The van der Waals surface area contributed by atoms with Crippen LogP contribution in [0.4, 0.5) is 22.7 Å². The van der Waals surface area contributed by atoms with Crippen LogP contribution in [-0.2, 0) is 20.4 Å². The van der Waals surface area contributed by atoms with Crippen LogP contribution in [0.1, 0.15) is 99.1 Å². The third-order valence-corrected chi connectivity index (χ3v) is 12.4. The third kappa shape index (κ3) is 18.1. The minimum atomic E-state index is -0.873. The van der Waals surface area contributed by atoms with Gasteiger partial charge in [-0.1, -0.05) is 41.5 Å². The first kappa shape index (κ1) is 56.7. The number of nitrogens with zero attached hydrogens (tertiary/aromatic N) is 2. The van der Waals surface area contributed by atoms with Gasteiger partial charge in [0.05, 0.1) is 44.6 Å². The van der Waals surface area contributed by atoms with Crippen LogP contribution in [0, 0.1) is 0 Å². The summed E-state index contributed by atoms with van der Waals surface area (Å²) in [5, 5.41) is 12.0. The minimum absolute atomic E-state index is 0.0462. The zero-order valence-corrected chi connectivity index (χ0v) is 41.8. The van der Waals surface area contributed by atoms with Gasteiger partial charge in [0, 0.05) is 55.4 Å². The second kappa shape index (κ2) is 26.8. The molecular weight excluding hydrogens is 907 g/mol. The van der Waals surface area contributed by atoms with Gasteiger partial charge in [-0.05, 0) is 90.1 Å². The second-order valence-electron chi connectivity index (χ2n) is 18.0. The van der Waals surface area contributed by atoms with Crippen molar-refractivity contribution < 1.29 is 23.9 Å². The van der Waals surface area contributed by atoms with Gasteiger partial charge in [-0.3, -0.25) is 29.2 Å². The first-order valence-corrected chi connectivity index (χ1v) is 24.3.